The van der Waals surface area contributed by atoms with E-state index in [1.165, 1.54) is 59.3 Å². The van der Waals surface area contributed by atoms with Crippen LogP contribution in [0.25, 0.3) is 21.8 Å². The van der Waals surface area contributed by atoms with Gasteiger partial charge in [0, 0.05) is 134 Å². The number of pyridine rings is 5. The molecule has 7 N–H and O–H groups in total. The van der Waals surface area contributed by atoms with E-state index >= 15 is 0 Å². The number of hydrogen-bond acceptors (Lipinski definition) is 17. The van der Waals surface area contributed by atoms with Crippen molar-refractivity contribution in [3.8, 4) is 0 Å². The monoisotopic (exact) mass is 2200 g/mol. The number of alkyl halides is 3. The van der Waals surface area contributed by atoms with Gasteiger partial charge in [-0.15, -0.1) is 0 Å². The first kappa shape index (κ1) is 93.2. The minimum absolute atomic E-state index is 0. The molecule has 24 nitrogen and oxygen atoms in total. The van der Waals surface area contributed by atoms with Crippen LogP contribution in [-0.2, 0) is 25.0 Å². The van der Waals surface area contributed by atoms with Crippen molar-refractivity contribution >= 4 is 211 Å². The van der Waals surface area contributed by atoms with Crippen molar-refractivity contribution in [2.75, 3.05) is 53.1 Å². The number of nitrogens with zero attached hydrogens (tertiary/aromatic N) is 8. The van der Waals surface area contributed by atoms with Gasteiger partial charge in [-0.2, -0.15) is 0 Å². The van der Waals surface area contributed by atoms with Crippen LogP contribution >= 0.6 is 128 Å². The average molecular weight is 2200 g/mol. The fourth-order valence-corrected chi connectivity index (χ4v) is 13.3. The number of anilines is 2. The van der Waals surface area contributed by atoms with Crippen LogP contribution in [0, 0.1) is 0 Å². The van der Waals surface area contributed by atoms with E-state index in [4.69, 9.17) is 10.2 Å². The zero-order valence-corrected chi connectivity index (χ0v) is 74.6. The van der Waals surface area contributed by atoms with Gasteiger partial charge in [0.25, 0.3) is 37.8 Å². The third-order valence-electron chi connectivity index (χ3n) is 14.9. The summed E-state index contributed by atoms with van der Waals surface area (Å²) in [6, 6.07) is 45.7. The van der Waals surface area contributed by atoms with E-state index in [1.54, 1.807) is 138 Å². The van der Waals surface area contributed by atoms with E-state index in [0.29, 0.717) is 70.9 Å². The summed E-state index contributed by atoms with van der Waals surface area (Å²) in [6.45, 7) is 21.2. The minimum atomic E-state index is -3.90. The molecule has 0 radical (unpaired) electrons. The van der Waals surface area contributed by atoms with Gasteiger partial charge in [0.2, 0.25) is 0 Å². The SMILES string of the molecule is C.CC(I)I.CC1CN(C(=O)c2ccccn2)CC(C)N1.CC1CN(C(=O)c2ccccn2)CC(C)N1C(=O)c1ccc(NS(=O)(=O)c2cccc3cccnc23)cc1.CC1CNCC(C)N1.CCI.O=C(O)c1ccc(NS(=O)(=O)c2cccc3cccnc23)cc1.O=C(O)c1ccccn1.[I][V]([I])[I]. The predicted molar refractivity (Wildman–Crippen MR) is 469 cm³/mol. The number of aromatic carboxylic acids is 2. The number of benzene rings is 4. The van der Waals surface area contributed by atoms with E-state index in [2.05, 4.69) is 220 Å². The first-order valence-electron chi connectivity index (χ1n) is 32.7. The predicted octanol–water partition coefficient (Wildman–Crippen LogP) is 15.1. The molecule has 3 amide bonds. The molecule has 3 aliphatic rings. The Labute approximate surface area is 700 Å². The normalized spacial score (nSPS) is 17.3. The van der Waals surface area contributed by atoms with Gasteiger partial charge in [0.1, 0.15) is 26.9 Å². The molecule has 0 spiro atoms. The first-order chi connectivity index (χ1) is 49.8. The molecule has 9 aromatic rings. The van der Waals surface area contributed by atoms with Gasteiger partial charge in [-0.25, -0.2) is 31.4 Å². The van der Waals surface area contributed by atoms with E-state index in [0.717, 1.165) is 38.9 Å². The van der Waals surface area contributed by atoms with Crippen LogP contribution in [0.1, 0.15) is 115 Å². The second kappa shape index (κ2) is 47.8. The average Bonchev–Trinajstić information content (AvgIpc) is 0.789. The molecule has 0 bridgehead atoms. The first-order valence-corrected chi connectivity index (χ1v) is 53.2. The quantitative estimate of drug-likeness (QED) is 0.0467. The van der Waals surface area contributed by atoms with Gasteiger partial charge in [-0.1, -0.05) is 137 Å². The summed E-state index contributed by atoms with van der Waals surface area (Å²) in [5.41, 5.74) is 2.89. The number of sulfonamides is 2. The number of nitrogens with one attached hydrogen (secondary N) is 5. The summed E-state index contributed by atoms with van der Waals surface area (Å²) in [6.07, 6.45) is 7.77. The number of hydrogen-bond donors (Lipinski definition) is 7. The van der Waals surface area contributed by atoms with E-state index in [9.17, 15) is 40.8 Å². The van der Waals surface area contributed by atoms with Crippen molar-refractivity contribution in [1.29, 1.82) is 0 Å². The molecule has 5 aromatic heterocycles. The molecule has 0 saturated carbocycles. The maximum atomic E-state index is 13.4. The Hall–Kier alpha value is -5.16. The number of piperazine rings is 3. The van der Waals surface area contributed by atoms with Crippen molar-refractivity contribution in [3.05, 3.63) is 223 Å². The number of para-hydroxylation sites is 2. The number of halogens is 6. The molecular weight excluding hydrogens is 2110 g/mol. The van der Waals surface area contributed by atoms with Crippen LogP contribution in [0.4, 0.5) is 11.4 Å². The van der Waals surface area contributed by atoms with Crippen LogP contribution in [0.15, 0.2) is 205 Å². The molecular formula is C73H88I6N13O11S2V. The Bertz CT molecular complexity index is 4400. The molecule has 570 valence electrons. The van der Waals surface area contributed by atoms with Crippen LogP contribution in [0.2, 0.25) is 0 Å². The molecule has 8 heterocycles. The molecule has 3 saturated heterocycles. The number of amides is 3. The number of carbonyl (C=O) groups is 5. The standard InChI is InChI=1S/C28H27N5O4S.C16H12N2O4S.C12H17N3O.C6H14N2.C6H5NO2.C2H4I2.C2H5I.CH4.3HI.V/c1-19-17-32(28(35)24-9-3-4-15-29-24)18-20(2)33(19)27(34)22-11-13-23(14-12-22)31-38(36,37)25-10-5-7-21-8-6-16-30-26(21)25;19-16(20)12-6-8-13(9-7-12)18-23(21,22)14-5-1-3-11-4-2-10-17-15(11)14;1-9-7-15(8-10(2)14-9)12(16)11-5-3-4-6-13-11;1-5-3-7-4-6(2)8-5;8-6(9)5-3-1-2-4-7-5;1-2(3)4;1-2-3;;;;;/h3-16,19-20,31H,17-18H2,1-2H3;1-10,18H,(H,19,20);3-6,9-10,14H,7-8H2,1-2H3;5-8H,3-4H2,1-2H3;1-4H,(H,8,9);2H,1H3;2H2,1H3;1H4;3*1H;/q;;;;;;;;;;;+3/p-3. The van der Waals surface area contributed by atoms with Crippen molar-refractivity contribution < 1.29 is 55.9 Å². The Morgan fingerprint density at radius 1 is 0.491 bits per heavy atom. The van der Waals surface area contributed by atoms with E-state index in [-0.39, 0.29) is 68.9 Å². The van der Waals surface area contributed by atoms with Crippen molar-refractivity contribution in [2.24, 2.45) is 0 Å². The molecule has 3 fully saturated rings. The number of rotatable bonds is 11. The second-order valence-corrected chi connectivity index (χ2v) is 70.0. The summed E-state index contributed by atoms with van der Waals surface area (Å²) in [4.78, 5) is 84.8. The number of carboxylic acids is 2. The van der Waals surface area contributed by atoms with E-state index in [1.807, 2.05) is 30.9 Å². The molecule has 3 aliphatic heterocycles. The Morgan fingerprint density at radius 2 is 0.830 bits per heavy atom. The Morgan fingerprint density at radius 3 is 1.16 bits per heavy atom. The topological polar surface area (TPSA) is 328 Å². The summed E-state index contributed by atoms with van der Waals surface area (Å²) < 4.78 is 58.3. The second-order valence-electron chi connectivity index (χ2n) is 23.7. The fourth-order valence-electron chi connectivity index (χ4n) is 10.8. The van der Waals surface area contributed by atoms with Crippen molar-refractivity contribution in [2.45, 2.75) is 111 Å². The van der Waals surface area contributed by atoms with Gasteiger partial charge < -0.3 is 40.9 Å². The number of aromatic nitrogens is 5. The van der Waals surface area contributed by atoms with Crippen molar-refractivity contribution in [1.82, 2.24) is 55.6 Å². The fraction of sp³-hybridized carbons (Fsp3) is 0.315. The van der Waals surface area contributed by atoms with Gasteiger partial charge in [0.15, 0.2) is 0 Å². The molecule has 6 atom stereocenters. The van der Waals surface area contributed by atoms with Gasteiger partial charge >= 0.3 is 76.8 Å². The number of carboxylic acid groups (broad SMARTS) is 2. The Balaban J connectivity index is 0.000000297. The summed E-state index contributed by atoms with van der Waals surface area (Å²) in [5, 5.41) is 28.8. The molecule has 33 heteroatoms. The zero-order chi connectivity index (χ0) is 77.4. The van der Waals surface area contributed by atoms with Crippen LogP contribution in [-0.4, -0.2) is 178 Å². The third-order valence-corrected chi connectivity index (χ3v) is 17.8. The number of fused-ring (bicyclic) bond motifs is 2. The van der Waals surface area contributed by atoms with Crippen LogP contribution < -0.4 is 25.4 Å². The zero-order valence-electron chi connectivity index (χ0n) is 58.6. The molecule has 106 heavy (non-hydrogen) atoms. The molecule has 4 aromatic carbocycles. The number of carbonyl (C=O) groups excluding carboxylic acids is 3. The molecule has 0 aliphatic carbocycles. The summed E-state index contributed by atoms with van der Waals surface area (Å²) in [7, 11) is -7.73. The van der Waals surface area contributed by atoms with Crippen LogP contribution in [0.3, 0.4) is 0 Å². The van der Waals surface area contributed by atoms with E-state index < -0.39 is 32.0 Å². The molecule has 12 rings (SSSR count). The Kier molecular flexibility index (Phi) is 42.0. The summed E-state index contributed by atoms with van der Waals surface area (Å²) in [5.74, 6) is -2.37. The summed E-state index contributed by atoms with van der Waals surface area (Å²) >= 11 is 14.3. The van der Waals surface area contributed by atoms with Gasteiger partial charge in [-0.05, 0) is 162 Å². The maximum absolute atomic E-state index is 13.4. The van der Waals surface area contributed by atoms with Crippen molar-refractivity contribution in [3.63, 3.8) is 0 Å². The van der Waals surface area contributed by atoms with Crippen LogP contribution in [0.5, 0.6) is 0 Å². The third kappa shape index (κ3) is 31.7. The van der Waals surface area contributed by atoms with Gasteiger partial charge in [0.05, 0.1) is 18.5 Å². The molecule has 6 unspecified atom stereocenters. The van der Waals surface area contributed by atoms with Gasteiger partial charge in [-0.3, -0.25) is 43.8 Å².